The molecular formula is C35H33N5O2. The van der Waals surface area contributed by atoms with Gasteiger partial charge in [0, 0.05) is 41.1 Å². The van der Waals surface area contributed by atoms with Crippen LogP contribution in [0, 0.1) is 13.8 Å². The molecule has 0 radical (unpaired) electrons. The number of aryl methyl sites for hydroxylation is 3. The Hall–Kier alpha value is -5.04. The molecule has 0 spiro atoms. The molecule has 0 atom stereocenters. The summed E-state index contributed by atoms with van der Waals surface area (Å²) in [5, 5.41) is 3.07. The summed E-state index contributed by atoms with van der Waals surface area (Å²) in [6.45, 7) is 6.74. The average molecular weight is 556 g/mol. The summed E-state index contributed by atoms with van der Waals surface area (Å²) in [7, 11) is 0. The highest BCUT2D eigenvalue weighted by atomic mass is 16.2. The molecule has 42 heavy (non-hydrogen) atoms. The summed E-state index contributed by atoms with van der Waals surface area (Å²) < 4.78 is 1.98. The van der Waals surface area contributed by atoms with Gasteiger partial charge in [-0.15, -0.1) is 0 Å². The fourth-order valence-electron chi connectivity index (χ4n) is 5.61. The van der Waals surface area contributed by atoms with Crippen molar-refractivity contribution in [2.24, 2.45) is 0 Å². The average Bonchev–Trinajstić information content (AvgIpc) is 3.59. The number of amides is 2. The van der Waals surface area contributed by atoms with E-state index >= 15 is 0 Å². The Morgan fingerprint density at radius 3 is 2.43 bits per heavy atom. The first kappa shape index (κ1) is 27.1. The van der Waals surface area contributed by atoms with Crippen LogP contribution in [0.25, 0.3) is 17.1 Å². The van der Waals surface area contributed by atoms with Gasteiger partial charge in [-0.1, -0.05) is 49.4 Å². The van der Waals surface area contributed by atoms with E-state index in [0.717, 1.165) is 46.6 Å². The third-order valence-corrected chi connectivity index (χ3v) is 7.88. The van der Waals surface area contributed by atoms with Crippen LogP contribution in [-0.4, -0.2) is 32.9 Å². The molecule has 0 bridgehead atoms. The first-order valence-electron chi connectivity index (χ1n) is 14.3. The molecule has 0 aliphatic carbocycles. The van der Waals surface area contributed by atoms with Crippen molar-refractivity contribution in [1.29, 1.82) is 0 Å². The Morgan fingerprint density at radius 2 is 1.67 bits per heavy atom. The fraction of sp³-hybridized carbons (Fsp3) is 0.200. The van der Waals surface area contributed by atoms with Crippen molar-refractivity contribution < 1.29 is 9.59 Å². The van der Waals surface area contributed by atoms with E-state index in [1.54, 1.807) is 12.3 Å². The Kier molecular flexibility index (Phi) is 7.40. The van der Waals surface area contributed by atoms with Crippen LogP contribution in [-0.2, 0) is 24.1 Å². The van der Waals surface area contributed by atoms with Gasteiger partial charge in [0.25, 0.3) is 5.91 Å². The molecule has 0 saturated carbocycles. The molecule has 0 unspecified atom stereocenters. The van der Waals surface area contributed by atoms with Gasteiger partial charge < -0.3 is 10.2 Å². The second-order valence-electron chi connectivity index (χ2n) is 10.7. The van der Waals surface area contributed by atoms with E-state index in [4.69, 9.17) is 0 Å². The van der Waals surface area contributed by atoms with Gasteiger partial charge >= 0.3 is 0 Å². The molecule has 6 rings (SSSR count). The summed E-state index contributed by atoms with van der Waals surface area (Å²) in [5.74, 6) is 0.394. The second-order valence-corrected chi connectivity index (χ2v) is 10.7. The number of benzene rings is 3. The number of fused-ring (bicyclic) bond motifs is 1. The Morgan fingerprint density at radius 1 is 0.905 bits per heavy atom. The van der Waals surface area contributed by atoms with Gasteiger partial charge in [-0.05, 0) is 91.4 Å². The molecular weight excluding hydrogens is 522 g/mol. The van der Waals surface area contributed by atoms with Crippen molar-refractivity contribution in [2.45, 2.75) is 40.0 Å². The highest BCUT2D eigenvalue weighted by Crippen LogP contribution is 2.32. The van der Waals surface area contributed by atoms with E-state index in [9.17, 15) is 9.59 Å². The SMILES string of the molecule is CCc1ccc(-c2ccccc2C(=O)Nc2ccc3c(c2)CCN3C(=O)Cc2ccnc(-n3c(C)ccc3C)n2)cc1. The topological polar surface area (TPSA) is 80.1 Å². The maximum Gasteiger partial charge on any atom is 0.256 e. The molecule has 7 heteroatoms. The number of rotatable bonds is 7. The molecule has 3 heterocycles. The summed E-state index contributed by atoms with van der Waals surface area (Å²) in [4.78, 5) is 37.6. The van der Waals surface area contributed by atoms with Crippen molar-refractivity contribution >= 4 is 23.2 Å². The number of aromatic nitrogens is 3. The molecule has 1 aliphatic heterocycles. The van der Waals surface area contributed by atoms with Crippen LogP contribution in [0.15, 0.2) is 91.1 Å². The molecule has 5 aromatic rings. The molecule has 2 aromatic heterocycles. The predicted octanol–water partition coefficient (Wildman–Crippen LogP) is 6.50. The highest BCUT2D eigenvalue weighted by molar-refractivity contribution is 6.09. The minimum Gasteiger partial charge on any atom is -0.322 e. The maximum absolute atomic E-state index is 13.4. The van der Waals surface area contributed by atoms with Crippen LogP contribution in [0.2, 0.25) is 0 Å². The van der Waals surface area contributed by atoms with E-state index < -0.39 is 0 Å². The maximum atomic E-state index is 13.4. The van der Waals surface area contributed by atoms with Crippen molar-refractivity contribution in [1.82, 2.24) is 14.5 Å². The van der Waals surface area contributed by atoms with Gasteiger partial charge in [-0.25, -0.2) is 9.97 Å². The largest absolute Gasteiger partial charge is 0.322 e. The summed E-state index contributed by atoms with van der Waals surface area (Å²) in [6, 6.07) is 27.6. The van der Waals surface area contributed by atoms with Gasteiger partial charge in [-0.3, -0.25) is 14.2 Å². The van der Waals surface area contributed by atoms with E-state index in [1.807, 2.05) is 77.9 Å². The molecule has 1 N–H and O–H groups in total. The standard InChI is InChI=1S/C35H33N5O2/c1-4-25-11-13-26(14-12-25)30-7-5-6-8-31(30)34(42)37-28-15-16-32-27(21-28)18-20-39(32)33(41)22-29-17-19-36-35(38-29)40-23(2)9-10-24(40)3/h5-17,19,21H,4,18,20,22H2,1-3H3,(H,37,42). The summed E-state index contributed by atoms with van der Waals surface area (Å²) >= 11 is 0. The number of anilines is 2. The minimum atomic E-state index is -0.163. The van der Waals surface area contributed by atoms with Gasteiger partial charge in [-0.2, -0.15) is 0 Å². The molecule has 2 amide bonds. The van der Waals surface area contributed by atoms with Crippen molar-refractivity contribution in [3.05, 3.63) is 125 Å². The number of hydrogen-bond acceptors (Lipinski definition) is 4. The molecule has 210 valence electrons. The van der Waals surface area contributed by atoms with Crippen LogP contribution in [0.3, 0.4) is 0 Å². The minimum absolute atomic E-state index is 0.0147. The molecule has 0 saturated heterocycles. The Balaban J connectivity index is 1.16. The lowest BCUT2D eigenvalue weighted by Crippen LogP contribution is -2.30. The molecule has 1 aliphatic rings. The summed E-state index contributed by atoms with van der Waals surface area (Å²) in [6.07, 6.45) is 3.58. The first-order valence-corrected chi connectivity index (χ1v) is 14.3. The van der Waals surface area contributed by atoms with E-state index in [0.29, 0.717) is 29.4 Å². The lowest BCUT2D eigenvalue weighted by atomic mass is 9.97. The van der Waals surface area contributed by atoms with Gasteiger partial charge in [0.1, 0.15) is 0 Å². The number of carbonyl (C=O) groups is 2. The van der Waals surface area contributed by atoms with Gasteiger partial charge in [0.05, 0.1) is 12.1 Å². The second kappa shape index (κ2) is 11.4. The fourth-order valence-corrected chi connectivity index (χ4v) is 5.61. The smallest absolute Gasteiger partial charge is 0.256 e. The molecule has 3 aromatic carbocycles. The van der Waals surface area contributed by atoms with Crippen LogP contribution >= 0.6 is 0 Å². The third-order valence-electron chi connectivity index (χ3n) is 7.88. The first-order chi connectivity index (χ1) is 20.4. The van der Waals surface area contributed by atoms with E-state index in [2.05, 4.69) is 46.5 Å². The van der Waals surface area contributed by atoms with Crippen LogP contribution in [0.4, 0.5) is 11.4 Å². The van der Waals surface area contributed by atoms with Crippen LogP contribution in [0.1, 0.15) is 45.5 Å². The quantitative estimate of drug-likeness (QED) is 0.249. The number of carbonyl (C=O) groups excluding carboxylic acids is 2. The molecule has 0 fully saturated rings. The van der Waals surface area contributed by atoms with Gasteiger partial charge in [0.15, 0.2) is 0 Å². The zero-order valence-corrected chi connectivity index (χ0v) is 24.1. The highest BCUT2D eigenvalue weighted by Gasteiger charge is 2.26. The number of hydrogen-bond donors (Lipinski definition) is 1. The third kappa shape index (κ3) is 5.33. The number of nitrogens with one attached hydrogen (secondary N) is 1. The molecule has 7 nitrogen and oxygen atoms in total. The monoisotopic (exact) mass is 555 g/mol. The van der Waals surface area contributed by atoms with E-state index in [1.165, 1.54) is 5.56 Å². The van der Waals surface area contributed by atoms with Gasteiger partial charge in [0.2, 0.25) is 11.9 Å². The lowest BCUT2D eigenvalue weighted by molar-refractivity contribution is -0.117. The van der Waals surface area contributed by atoms with Crippen LogP contribution in [0.5, 0.6) is 0 Å². The van der Waals surface area contributed by atoms with Crippen molar-refractivity contribution in [2.75, 3.05) is 16.8 Å². The lowest BCUT2D eigenvalue weighted by Gasteiger charge is -2.18. The van der Waals surface area contributed by atoms with Crippen molar-refractivity contribution in [3.63, 3.8) is 0 Å². The Bertz CT molecular complexity index is 1770. The number of nitrogens with zero attached hydrogens (tertiary/aromatic N) is 4. The van der Waals surface area contributed by atoms with E-state index in [-0.39, 0.29) is 18.2 Å². The van der Waals surface area contributed by atoms with Crippen molar-refractivity contribution in [3.8, 4) is 17.1 Å². The zero-order valence-electron chi connectivity index (χ0n) is 24.1. The summed E-state index contributed by atoms with van der Waals surface area (Å²) in [5.41, 5.74) is 9.17. The predicted molar refractivity (Wildman–Crippen MR) is 166 cm³/mol. The normalized spacial score (nSPS) is 12.3. The van der Waals surface area contributed by atoms with Crippen LogP contribution < -0.4 is 10.2 Å². The zero-order chi connectivity index (χ0) is 29.2. The Labute approximate surface area is 245 Å².